The number of allylic oxidation sites excluding steroid dienone is 5. The number of carbonyl (C=O) groups excluding carboxylic acids is 1. The van der Waals surface area contributed by atoms with Crippen molar-refractivity contribution in [2.45, 2.75) is 45.6 Å². The molecule has 4 rings (SSSR count). The Kier molecular flexibility index (Phi) is 6.07. The minimum absolute atomic E-state index is 0.121. The van der Waals surface area contributed by atoms with Gasteiger partial charge in [-0.25, -0.2) is 4.79 Å². The second-order valence-electron chi connectivity index (χ2n) is 8.27. The fourth-order valence-electron chi connectivity index (χ4n) is 4.29. The number of nitrogens with one attached hydrogen (secondary N) is 1. The van der Waals surface area contributed by atoms with Gasteiger partial charge in [0.25, 0.3) is 0 Å². The summed E-state index contributed by atoms with van der Waals surface area (Å²) in [5, 5.41) is 12.5. The fraction of sp³-hybridized carbons (Fsp3) is 0.400. The van der Waals surface area contributed by atoms with Gasteiger partial charge in [0, 0.05) is 17.2 Å². The standard InChI is InChI=1S/C25H28N2O4/c1-3-31-21-9-5-6-16-12-13-20(15(2)26-23(16)21)24(28)27-22(17-10-11-17)18-7-4-8-19(14-18)25(29)30/h4-9,14,16-17,22H,3,10-13H2,1-2H3,(H,27,28)(H,29,30)/t16?,22-/m0/s1. The van der Waals surface area contributed by atoms with Gasteiger partial charge in [0.2, 0.25) is 5.91 Å². The van der Waals surface area contributed by atoms with Gasteiger partial charge in [-0.05, 0) is 69.2 Å². The van der Waals surface area contributed by atoms with E-state index < -0.39 is 5.97 Å². The molecule has 0 bridgehead atoms. The maximum atomic E-state index is 13.3. The van der Waals surface area contributed by atoms with Crippen LogP contribution < -0.4 is 5.32 Å². The molecule has 1 aliphatic heterocycles. The van der Waals surface area contributed by atoms with Crippen molar-refractivity contribution >= 4 is 17.6 Å². The van der Waals surface area contributed by atoms with Gasteiger partial charge in [-0.2, -0.15) is 0 Å². The maximum Gasteiger partial charge on any atom is 0.335 e. The third-order valence-electron chi connectivity index (χ3n) is 6.07. The molecule has 1 amide bonds. The Morgan fingerprint density at radius 1 is 1.29 bits per heavy atom. The van der Waals surface area contributed by atoms with Crippen LogP contribution in [-0.4, -0.2) is 29.3 Å². The van der Waals surface area contributed by atoms with Crippen LogP contribution in [0, 0.1) is 11.8 Å². The van der Waals surface area contributed by atoms with Gasteiger partial charge in [-0.15, -0.1) is 0 Å². The van der Waals surface area contributed by atoms with E-state index in [0.29, 0.717) is 30.2 Å². The summed E-state index contributed by atoms with van der Waals surface area (Å²) in [6.07, 6.45) is 9.51. The van der Waals surface area contributed by atoms with Crippen molar-refractivity contribution in [3.63, 3.8) is 0 Å². The number of nitrogens with zero attached hydrogens (tertiary/aromatic N) is 1. The highest BCUT2D eigenvalue weighted by Gasteiger charge is 2.35. The molecule has 0 saturated heterocycles. The van der Waals surface area contributed by atoms with Crippen LogP contribution >= 0.6 is 0 Å². The predicted molar refractivity (Wildman–Crippen MR) is 119 cm³/mol. The van der Waals surface area contributed by atoms with Crippen molar-refractivity contribution in [1.82, 2.24) is 5.32 Å². The average molecular weight is 421 g/mol. The summed E-state index contributed by atoms with van der Waals surface area (Å²) in [4.78, 5) is 29.5. The van der Waals surface area contributed by atoms with Gasteiger partial charge in [0.15, 0.2) is 0 Å². The lowest BCUT2D eigenvalue weighted by molar-refractivity contribution is -0.118. The van der Waals surface area contributed by atoms with Crippen LogP contribution in [0.25, 0.3) is 0 Å². The topological polar surface area (TPSA) is 88.0 Å². The monoisotopic (exact) mass is 420 g/mol. The van der Waals surface area contributed by atoms with E-state index in [2.05, 4.69) is 11.4 Å². The van der Waals surface area contributed by atoms with Crippen molar-refractivity contribution in [2.75, 3.05) is 6.61 Å². The Morgan fingerprint density at radius 3 is 2.81 bits per heavy atom. The summed E-state index contributed by atoms with van der Waals surface area (Å²) < 4.78 is 5.75. The lowest BCUT2D eigenvalue weighted by Gasteiger charge is -2.21. The van der Waals surface area contributed by atoms with Gasteiger partial charge in [0.05, 0.1) is 23.9 Å². The van der Waals surface area contributed by atoms with Crippen LogP contribution in [0.4, 0.5) is 0 Å². The van der Waals surface area contributed by atoms with Crippen molar-refractivity contribution in [2.24, 2.45) is 16.8 Å². The maximum absolute atomic E-state index is 13.3. The molecule has 1 aromatic carbocycles. The first kappa shape index (κ1) is 21.1. The molecule has 1 unspecified atom stereocenters. The van der Waals surface area contributed by atoms with E-state index >= 15 is 0 Å². The molecule has 2 atom stereocenters. The molecule has 0 spiro atoms. The predicted octanol–water partition coefficient (Wildman–Crippen LogP) is 4.57. The lowest BCUT2D eigenvalue weighted by atomic mass is 9.91. The van der Waals surface area contributed by atoms with Crippen LogP contribution in [0.3, 0.4) is 0 Å². The molecule has 1 aromatic rings. The second kappa shape index (κ2) is 8.92. The second-order valence-corrected chi connectivity index (χ2v) is 8.27. The fourth-order valence-corrected chi connectivity index (χ4v) is 4.29. The van der Waals surface area contributed by atoms with Gasteiger partial charge in [-0.1, -0.05) is 24.3 Å². The number of carboxylic acid groups (broad SMARTS) is 1. The molecule has 2 N–H and O–H groups in total. The summed E-state index contributed by atoms with van der Waals surface area (Å²) in [5.74, 6) is 0.165. The number of carbonyl (C=O) groups is 2. The first-order chi connectivity index (χ1) is 15.0. The molecule has 1 fully saturated rings. The number of amides is 1. The molecule has 1 saturated carbocycles. The van der Waals surface area contributed by atoms with Crippen LogP contribution in [-0.2, 0) is 9.53 Å². The first-order valence-electron chi connectivity index (χ1n) is 10.9. The zero-order valence-electron chi connectivity index (χ0n) is 17.9. The summed E-state index contributed by atoms with van der Waals surface area (Å²) >= 11 is 0. The number of ether oxygens (including phenoxy) is 1. The SMILES string of the molecule is CCOC1=CC=CC2CCC(C(=O)N[C@H](c3cccc(C(=O)O)c3)C3CC3)=C(C)N=C12. The van der Waals surface area contributed by atoms with Crippen LogP contribution in [0.1, 0.15) is 61.5 Å². The molecule has 1 heterocycles. The van der Waals surface area contributed by atoms with Gasteiger partial charge in [-0.3, -0.25) is 9.79 Å². The minimum atomic E-state index is -0.963. The van der Waals surface area contributed by atoms with E-state index in [4.69, 9.17) is 9.73 Å². The van der Waals surface area contributed by atoms with Crippen molar-refractivity contribution < 1.29 is 19.4 Å². The Hall–Kier alpha value is -3.15. The van der Waals surface area contributed by atoms with E-state index in [1.165, 1.54) is 0 Å². The van der Waals surface area contributed by atoms with Crippen LogP contribution in [0.5, 0.6) is 0 Å². The molecule has 6 heteroatoms. The first-order valence-corrected chi connectivity index (χ1v) is 10.9. The average Bonchev–Trinajstić information content (AvgIpc) is 3.60. The normalized spacial score (nSPS) is 21.4. The van der Waals surface area contributed by atoms with Gasteiger partial charge < -0.3 is 15.2 Å². The Morgan fingerprint density at radius 2 is 2.10 bits per heavy atom. The number of hydrogen-bond donors (Lipinski definition) is 2. The zero-order chi connectivity index (χ0) is 22.0. The number of benzene rings is 1. The number of aromatic carboxylic acids is 1. The number of carboxylic acids is 1. The molecule has 6 nitrogen and oxygen atoms in total. The smallest absolute Gasteiger partial charge is 0.335 e. The van der Waals surface area contributed by atoms with E-state index in [1.807, 2.05) is 32.1 Å². The molecule has 0 aromatic heterocycles. The molecule has 31 heavy (non-hydrogen) atoms. The highest BCUT2D eigenvalue weighted by atomic mass is 16.5. The van der Waals surface area contributed by atoms with E-state index in [1.54, 1.807) is 18.2 Å². The molecule has 3 aliphatic rings. The van der Waals surface area contributed by atoms with E-state index in [9.17, 15) is 14.7 Å². The third kappa shape index (κ3) is 4.63. The summed E-state index contributed by atoms with van der Waals surface area (Å²) in [5.41, 5.74) is 3.36. The van der Waals surface area contributed by atoms with Crippen LogP contribution in [0.2, 0.25) is 0 Å². The summed E-state index contributed by atoms with van der Waals surface area (Å²) in [6.45, 7) is 4.40. The molecular formula is C25H28N2O4. The molecular weight excluding hydrogens is 392 g/mol. The van der Waals surface area contributed by atoms with Crippen molar-refractivity contribution in [1.29, 1.82) is 0 Å². The summed E-state index contributed by atoms with van der Waals surface area (Å²) in [7, 11) is 0. The van der Waals surface area contributed by atoms with E-state index in [0.717, 1.165) is 36.3 Å². The van der Waals surface area contributed by atoms with Crippen LogP contribution in [0.15, 0.2) is 64.5 Å². The van der Waals surface area contributed by atoms with Gasteiger partial charge >= 0.3 is 5.97 Å². The largest absolute Gasteiger partial charge is 0.492 e. The molecule has 2 aliphatic carbocycles. The van der Waals surface area contributed by atoms with Crippen molar-refractivity contribution in [3.05, 3.63) is 70.6 Å². The Bertz CT molecular complexity index is 1010. The van der Waals surface area contributed by atoms with Crippen molar-refractivity contribution in [3.8, 4) is 0 Å². The number of rotatable bonds is 7. The number of aliphatic imine (C=N–C) groups is 1. The quantitative estimate of drug-likeness (QED) is 0.676. The molecule has 162 valence electrons. The lowest BCUT2D eigenvalue weighted by Crippen LogP contribution is -2.31. The van der Waals surface area contributed by atoms with Gasteiger partial charge in [0.1, 0.15) is 5.76 Å². The van der Waals surface area contributed by atoms with E-state index in [-0.39, 0.29) is 23.4 Å². The highest BCUT2D eigenvalue weighted by Crippen LogP contribution is 2.41. The highest BCUT2D eigenvalue weighted by molar-refractivity contribution is 6.04. The summed E-state index contributed by atoms with van der Waals surface area (Å²) in [6, 6.07) is 6.68. The molecule has 0 radical (unpaired) electrons. The minimum Gasteiger partial charge on any atom is -0.492 e. The Balaban J connectivity index is 1.58. The number of fused-ring (bicyclic) bond motifs is 1. The third-order valence-corrected chi connectivity index (χ3v) is 6.07. The zero-order valence-corrected chi connectivity index (χ0v) is 17.9. The number of hydrogen-bond acceptors (Lipinski definition) is 4. The Labute approximate surface area is 182 Å².